The molecule has 7 nitrogen and oxygen atoms in total. The van der Waals surface area contributed by atoms with Crippen LogP contribution in [0.1, 0.15) is 26.3 Å². The second-order valence-corrected chi connectivity index (χ2v) is 6.80. The molecule has 3 aromatic carbocycles. The van der Waals surface area contributed by atoms with Gasteiger partial charge in [-0.3, -0.25) is 4.79 Å². The lowest BCUT2D eigenvalue weighted by Crippen LogP contribution is -2.09. The molecule has 0 saturated heterocycles. The lowest BCUT2D eigenvalue weighted by atomic mass is 10.1. The second kappa shape index (κ2) is 10.9. The van der Waals surface area contributed by atoms with E-state index in [2.05, 4.69) is 0 Å². The largest absolute Gasteiger partial charge is 0.497 e. The van der Waals surface area contributed by atoms with E-state index in [1.807, 2.05) is 0 Å². The molecule has 170 valence electrons. The third-order valence-electron chi connectivity index (χ3n) is 4.79. The van der Waals surface area contributed by atoms with Gasteiger partial charge in [-0.05, 0) is 60.2 Å². The first kappa shape index (κ1) is 23.4. The number of allylic oxidation sites excluding steroid dienone is 1. The Labute approximate surface area is 192 Å². The number of rotatable bonds is 9. The Hall–Kier alpha value is -4.26. The second-order valence-electron chi connectivity index (χ2n) is 6.80. The first-order valence-electron chi connectivity index (χ1n) is 9.97. The summed E-state index contributed by atoms with van der Waals surface area (Å²) in [5, 5.41) is 0. The van der Waals surface area contributed by atoms with Crippen molar-refractivity contribution < 1.29 is 33.3 Å². The van der Waals surface area contributed by atoms with Crippen molar-refractivity contribution in [2.75, 3.05) is 28.4 Å². The van der Waals surface area contributed by atoms with Gasteiger partial charge >= 0.3 is 5.97 Å². The number of benzene rings is 3. The first-order valence-corrected chi connectivity index (χ1v) is 9.97. The molecule has 0 bridgehead atoms. The Bertz CT molecular complexity index is 1120. The van der Waals surface area contributed by atoms with Gasteiger partial charge in [0.1, 0.15) is 11.5 Å². The summed E-state index contributed by atoms with van der Waals surface area (Å²) in [4.78, 5) is 24.9. The maximum absolute atomic E-state index is 12.6. The number of esters is 1. The molecule has 7 heteroatoms. The van der Waals surface area contributed by atoms with Gasteiger partial charge in [0.15, 0.2) is 17.3 Å². The zero-order valence-electron chi connectivity index (χ0n) is 18.8. The number of ether oxygens (including phenoxy) is 5. The van der Waals surface area contributed by atoms with Gasteiger partial charge in [0, 0.05) is 5.56 Å². The highest BCUT2D eigenvalue weighted by Crippen LogP contribution is 2.38. The van der Waals surface area contributed by atoms with Crippen LogP contribution in [-0.4, -0.2) is 40.2 Å². The summed E-state index contributed by atoms with van der Waals surface area (Å²) >= 11 is 0. The van der Waals surface area contributed by atoms with Crippen LogP contribution in [0, 0.1) is 0 Å². The standard InChI is InChI=1S/C26H24O7/c1-29-20-12-8-18(9-13-20)22(27)14-7-17-5-10-21(11-6-17)33-26(28)19-15-23(30-2)25(32-4)24(16-19)31-3/h5-16H,1-4H3/b14-7+. The third kappa shape index (κ3) is 5.71. The molecule has 0 aliphatic heterocycles. The van der Waals surface area contributed by atoms with E-state index in [1.54, 1.807) is 61.7 Å². The van der Waals surface area contributed by atoms with E-state index in [-0.39, 0.29) is 11.3 Å². The average molecular weight is 448 g/mol. The fourth-order valence-electron chi connectivity index (χ4n) is 3.04. The van der Waals surface area contributed by atoms with E-state index in [0.29, 0.717) is 34.3 Å². The Morgan fingerprint density at radius 1 is 0.667 bits per heavy atom. The highest BCUT2D eigenvalue weighted by atomic mass is 16.5. The minimum atomic E-state index is -0.577. The average Bonchev–Trinajstić information content (AvgIpc) is 2.87. The molecular formula is C26H24O7. The SMILES string of the molecule is COc1ccc(C(=O)/C=C/c2ccc(OC(=O)c3cc(OC)c(OC)c(OC)c3)cc2)cc1. The molecule has 3 aromatic rings. The number of carbonyl (C=O) groups is 2. The van der Waals surface area contributed by atoms with Crippen LogP contribution in [0.25, 0.3) is 6.08 Å². The smallest absolute Gasteiger partial charge is 0.343 e. The van der Waals surface area contributed by atoms with Gasteiger partial charge in [-0.1, -0.05) is 18.2 Å². The van der Waals surface area contributed by atoms with Crippen LogP contribution in [0.15, 0.2) is 66.7 Å². The number of carbonyl (C=O) groups excluding carboxylic acids is 2. The van der Waals surface area contributed by atoms with Gasteiger partial charge in [0.2, 0.25) is 5.75 Å². The van der Waals surface area contributed by atoms with Gasteiger partial charge in [-0.25, -0.2) is 4.79 Å². The maximum Gasteiger partial charge on any atom is 0.343 e. The van der Waals surface area contributed by atoms with Crippen molar-refractivity contribution in [3.63, 3.8) is 0 Å². The van der Waals surface area contributed by atoms with Crippen molar-refractivity contribution in [2.24, 2.45) is 0 Å². The molecule has 0 saturated carbocycles. The van der Waals surface area contributed by atoms with Crippen LogP contribution >= 0.6 is 0 Å². The van der Waals surface area contributed by atoms with Crippen LogP contribution in [0.4, 0.5) is 0 Å². The van der Waals surface area contributed by atoms with E-state index in [1.165, 1.54) is 39.5 Å². The predicted molar refractivity (Wildman–Crippen MR) is 124 cm³/mol. The fraction of sp³-hybridized carbons (Fsp3) is 0.154. The van der Waals surface area contributed by atoms with Gasteiger partial charge in [0.25, 0.3) is 0 Å². The number of hydrogen-bond acceptors (Lipinski definition) is 7. The minimum absolute atomic E-state index is 0.129. The Morgan fingerprint density at radius 3 is 1.76 bits per heavy atom. The van der Waals surface area contributed by atoms with E-state index >= 15 is 0 Å². The summed E-state index contributed by atoms with van der Waals surface area (Å²) in [5.74, 6) is 1.43. The molecular weight excluding hydrogens is 424 g/mol. The summed E-state index contributed by atoms with van der Waals surface area (Å²) < 4.78 is 26.4. The number of ketones is 1. The minimum Gasteiger partial charge on any atom is -0.497 e. The summed E-state index contributed by atoms with van der Waals surface area (Å²) in [6, 6.07) is 16.7. The van der Waals surface area contributed by atoms with Crippen LogP contribution in [0.3, 0.4) is 0 Å². The Morgan fingerprint density at radius 2 is 1.24 bits per heavy atom. The Kier molecular flexibility index (Phi) is 7.70. The summed E-state index contributed by atoms with van der Waals surface area (Å²) in [5.41, 5.74) is 1.59. The van der Waals surface area contributed by atoms with Crippen molar-refractivity contribution in [3.05, 3.63) is 83.4 Å². The predicted octanol–water partition coefficient (Wildman–Crippen LogP) is 4.84. The number of methoxy groups -OCH3 is 4. The zero-order valence-corrected chi connectivity index (χ0v) is 18.8. The van der Waals surface area contributed by atoms with Crippen molar-refractivity contribution in [1.82, 2.24) is 0 Å². The molecule has 0 unspecified atom stereocenters. The van der Waals surface area contributed by atoms with E-state index in [4.69, 9.17) is 23.7 Å². The van der Waals surface area contributed by atoms with E-state index < -0.39 is 5.97 Å². The van der Waals surface area contributed by atoms with Gasteiger partial charge in [0.05, 0.1) is 34.0 Å². The molecule has 0 aromatic heterocycles. The van der Waals surface area contributed by atoms with E-state index in [0.717, 1.165) is 5.56 Å². The van der Waals surface area contributed by atoms with Gasteiger partial charge in [-0.2, -0.15) is 0 Å². The molecule has 33 heavy (non-hydrogen) atoms. The lowest BCUT2D eigenvalue weighted by molar-refractivity contribution is 0.0733. The van der Waals surface area contributed by atoms with E-state index in [9.17, 15) is 9.59 Å². The highest BCUT2D eigenvalue weighted by molar-refractivity contribution is 6.06. The van der Waals surface area contributed by atoms with Crippen LogP contribution < -0.4 is 23.7 Å². The maximum atomic E-state index is 12.6. The normalized spacial score (nSPS) is 10.5. The van der Waals surface area contributed by atoms with Crippen LogP contribution in [0.2, 0.25) is 0 Å². The molecule has 0 atom stereocenters. The molecule has 0 amide bonds. The summed E-state index contributed by atoms with van der Waals surface area (Å²) in [7, 11) is 6.00. The van der Waals surface area contributed by atoms with Crippen molar-refractivity contribution >= 4 is 17.8 Å². The Balaban J connectivity index is 1.68. The fourth-order valence-corrected chi connectivity index (χ4v) is 3.04. The van der Waals surface area contributed by atoms with Gasteiger partial charge in [-0.15, -0.1) is 0 Å². The molecule has 3 rings (SSSR count). The van der Waals surface area contributed by atoms with Crippen molar-refractivity contribution in [3.8, 4) is 28.7 Å². The molecule has 0 radical (unpaired) electrons. The monoisotopic (exact) mass is 448 g/mol. The molecule has 0 spiro atoms. The highest BCUT2D eigenvalue weighted by Gasteiger charge is 2.18. The number of hydrogen-bond donors (Lipinski definition) is 0. The molecule has 0 aliphatic rings. The van der Waals surface area contributed by atoms with Gasteiger partial charge < -0.3 is 23.7 Å². The topological polar surface area (TPSA) is 80.3 Å². The molecule has 0 heterocycles. The van der Waals surface area contributed by atoms with Crippen LogP contribution in [-0.2, 0) is 0 Å². The quantitative estimate of drug-likeness (QED) is 0.201. The zero-order chi connectivity index (χ0) is 23.8. The summed E-state index contributed by atoms with van der Waals surface area (Å²) in [6.07, 6.45) is 3.18. The van der Waals surface area contributed by atoms with Crippen molar-refractivity contribution in [2.45, 2.75) is 0 Å². The van der Waals surface area contributed by atoms with Crippen LogP contribution in [0.5, 0.6) is 28.7 Å². The third-order valence-corrected chi connectivity index (χ3v) is 4.79. The lowest BCUT2D eigenvalue weighted by Gasteiger charge is -2.13. The molecule has 0 aliphatic carbocycles. The van der Waals surface area contributed by atoms with Crippen molar-refractivity contribution in [1.29, 1.82) is 0 Å². The first-order chi connectivity index (χ1) is 16.0. The molecule has 0 fully saturated rings. The summed E-state index contributed by atoms with van der Waals surface area (Å²) in [6.45, 7) is 0. The molecule has 0 N–H and O–H groups in total.